The van der Waals surface area contributed by atoms with Crippen molar-refractivity contribution in [1.29, 1.82) is 0 Å². The van der Waals surface area contributed by atoms with Gasteiger partial charge in [0.15, 0.2) is 0 Å². The topological polar surface area (TPSA) is 518 Å². The fourth-order valence-corrected chi connectivity index (χ4v) is 14.8. The summed E-state index contributed by atoms with van der Waals surface area (Å²) in [5, 5.41) is 72.8. The van der Waals surface area contributed by atoms with Gasteiger partial charge in [0.05, 0.1) is 48.8 Å². The van der Waals surface area contributed by atoms with Gasteiger partial charge >= 0.3 is 46.9 Å². The highest BCUT2D eigenvalue weighted by atomic mass is 31.3. The third kappa shape index (κ3) is 15.4. The lowest BCUT2D eigenvalue weighted by molar-refractivity contribution is -0.160. The van der Waals surface area contributed by atoms with Gasteiger partial charge in [0.2, 0.25) is 0 Å². The molecule has 32 nitrogen and oxygen atoms in total. The van der Waals surface area contributed by atoms with Gasteiger partial charge in [0.25, 0.3) is 0 Å². The zero-order valence-electron chi connectivity index (χ0n) is 49.2. The number of hydrogen-bond acceptors (Lipinski definition) is 23. The van der Waals surface area contributed by atoms with Crippen LogP contribution in [0.5, 0.6) is 0 Å². The van der Waals surface area contributed by atoms with Crippen LogP contribution in [0.15, 0.2) is 0 Å². The van der Waals surface area contributed by atoms with Crippen LogP contribution in [-0.4, -0.2) is 185 Å². The molecule has 5 unspecified atom stereocenters. The van der Waals surface area contributed by atoms with Crippen molar-refractivity contribution in [3.63, 3.8) is 0 Å². The molecule has 4 saturated heterocycles. The van der Waals surface area contributed by atoms with E-state index in [-0.39, 0.29) is 13.2 Å². The molecule has 0 aliphatic carbocycles. The number of aliphatic hydroxyl groups excluding tert-OH is 1. The predicted molar refractivity (Wildman–Crippen MR) is 279 cm³/mol. The van der Waals surface area contributed by atoms with Crippen molar-refractivity contribution in [1.82, 2.24) is 0 Å². The van der Waals surface area contributed by atoms with Gasteiger partial charge < -0.3 is 98.7 Å². The molecule has 0 saturated carbocycles. The largest absolute Gasteiger partial charge is 0.490 e. The van der Waals surface area contributed by atoms with E-state index < -0.39 is 149 Å². The second-order valence-corrected chi connectivity index (χ2v) is 33.6. The second kappa shape index (κ2) is 22.7. The third-order valence-corrected chi connectivity index (χ3v) is 24.5. The number of phosphoric ester groups is 3. The minimum absolute atomic E-state index is 0.174. The molecule has 4 aliphatic rings. The van der Waals surface area contributed by atoms with E-state index in [9.17, 15) is 72.9 Å². The van der Waals surface area contributed by atoms with E-state index in [0.717, 1.165) is 0 Å². The highest BCUT2D eigenvalue weighted by Crippen LogP contribution is 2.67. The molecular weight excluding hydrogens is 1200 g/mol. The summed E-state index contributed by atoms with van der Waals surface area (Å²) in [6.45, 7) is 33.3. The molecule has 0 aromatic carbocycles. The van der Waals surface area contributed by atoms with E-state index >= 15 is 0 Å². The molecule has 0 amide bonds. The lowest BCUT2D eigenvalue weighted by atomic mass is 9.64. The quantitative estimate of drug-likeness (QED) is 0.0984. The van der Waals surface area contributed by atoms with Gasteiger partial charge in [-0.05, 0) is 125 Å². The molecule has 4 heterocycles. The van der Waals surface area contributed by atoms with Crippen LogP contribution < -0.4 is 0 Å². The van der Waals surface area contributed by atoms with Crippen LogP contribution in [0, 0.1) is 10.8 Å². The number of hydrogen-bond donors (Lipinski definition) is 16. The first-order valence-electron chi connectivity index (χ1n) is 24.1. The number of rotatable bonds is 16. The second-order valence-electron chi connectivity index (χ2n) is 25.2. The first-order chi connectivity index (χ1) is 34.1. The Morgan fingerprint density at radius 1 is 0.300 bits per heavy atom. The summed E-state index contributed by atoms with van der Waals surface area (Å²) >= 11 is 0. The Hall–Kier alpha value is 0.340. The van der Waals surface area contributed by atoms with E-state index in [1.807, 2.05) is 55.4 Å². The van der Waals surface area contributed by atoms with Gasteiger partial charge in [0.1, 0.15) is 56.0 Å². The molecule has 0 aromatic heterocycles. The minimum Gasteiger partial charge on any atom is -0.393 e. The Labute approximate surface area is 466 Å². The fraction of sp³-hybridized carbons (Fsp3) is 1.00. The highest BCUT2D eigenvalue weighted by molar-refractivity contribution is 7.66. The Kier molecular flexibility index (Phi) is 22.3. The van der Waals surface area contributed by atoms with Gasteiger partial charge in [0, 0.05) is 10.8 Å². The Bertz CT molecular complexity index is 2520. The van der Waals surface area contributed by atoms with E-state index in [1.54, 1.807) is 27.7 Å². The molecule has 4 fully saturated rings. The monoisotopic (exact) mass is 1290 g/mol. The molecule has 4 aliphatic heterocycles. The van der Waals surface area contributed by atoms with Crippen molar-refractivity contribution in [2.75, 3.05) is 26.4 Å². The predicted octanol–water partition coefficient (Wildman–Crippen LogP) is 3.45. The Morgan fingerprint density at radius 3 is 0.750 bits per heavy atom. The van der Waals surface area contributed by atoms with Crippen molar-refractivity contribution < 1.29 is 153 Å². The average Bonchev–Trinajstić information content (AvgIpc) is 3.45. The number of phosphoric acid groups is 6. The van der Waals surface area contributed by atoms with Crippen molar-refractivity contribution in [2.24, 2.45) is 10.8 Å². The van der Waals surface area contributed by atoms with Crippen LogP contribution in [0.3, 0.4) is 0 Å². The minimum atomic E-state index is -5.66. The Balaban J connectivity index is 0.000000545. The molecular formula is C42H90O32P6. The average molecular weight is 1290 g/mol. The van der Waals surface area contributed by atoms with Gasteiger partial charge in [-0.1, -0.05) is 27.7 Å². The standard InChI is InChI=1S/C11H23O6P.C11H22O3.C10H23O13P3.C10H22O10P2/c1-8(2)9(3,4)17-10(5,11(8,6)12)7-16-18(13,14)15;1-8(2)9(3,4)14-10(5,7-12)11(8,6)13;1-7(2)9(4,11)10(5,12)8(3,21-7)6-20-25(16,17)23-26(18,19)22-24(13,14)15;1-7(2)9(4,11)10(5,12)8(3,19-7)6-18-22(16,17)20-21(13,14)15/h12H,7H2,1-6H3,(H2,13,14,15);12-13H,7H2,1-6H3;11-12H,6H2,1-5H3,(H,16,17)(H,18,19)(H2,13,14,15);11-12H,6H2,1-5H3,(H,16,17)(H2,13,14,15)/t2*10-,11-;2*8-,9?,10+/m1111/s1. The highest BCUT2D eigenvalue weighted by Gasteiger charge is 2.73. The normalized spacial score (nSPS) is 40.9. The summed E-state index contributed by atoms with van der Waals surface area (Å²) in [4.78, 5) is 79.4. The van der Waals surface area contributed by atoms with E-state index in [1.165, 1.54) is 69.2 Å². The van der Waals surface area contributed by atoms with Crippen LogP contribution in [0.4, 0.5) is 0 Å². The van der Waals surface area contributed by atoms with Gasteiger partial charge in [-0.3, -0.25) is 13.6 Å². The Morgan fingerprint density at radius 2 is 0.537 bits per heavy atom. The maximum Gasteiger partial charge on any atom is 0.490 e. The molecule has 0 aromatic rings. The van der Waals surface area contributed by atoms with Crippen molar-refractivity contribution in [2.45, 2.75) is 231 Å². The lowest BCUT2D eigenvalue weighted by Gasteiger charge is -2.43. The molecule has 4 rings (SSSR count). The summed E-state index contributed by atoms with van der Waals surface area (Å²) in [6, 6.07) is 0. The third-order valence-electron chi connectivity index (χ3n) is 18.2. The summed E-state index contributed by atoms with van der Waals surface area (Å²) < 4.78 is 114. The molecule has 13 atom stereocenters. The van der Waals surface area contributed by atoms with Crippen molar-refractivity contribution in [3.05, 3.63) is 0 Å². The van der Waals surface area contributed by atoms with Crippen molar-refractivity contribution in [3.8, 4) is 0 Å². The molecule has 80 heavy (non-hydrogen) atoms. The van der Waals surface area contributed by atoms with Gasteiger partial charge in [-0.2, -0.15) is 12.9 Å². The lowest BCUT2D eigenvalue weighted by Crippen LogP contribution is -2.62. The first kappa shape index (κ1) is 78.4. The van der Waals surface area contributed by atoms with Gasteiger partial charge in [-0.15, -0.1) is 0 Å². The fourth-order valence-electron chi connectivity index (χ4n) is 9.57. The first-order valence-corrected chi connectivity index (χ1v) is 33.2. The molecule has 0 radical (unpaired) electrons. The molecule has 0 bridgehead atoms. The smallest absolute Gasteiger partial charge is 0.393 e. The molecule has 0 spiro atoms. The van der Waals surface area contributed by atoms with Crippen LogP contribution in [0.25, 0.3) is 0 Å². The summed E-state index contributed by atoms with van der Waals surface area (Å²) in [5.74, 6) is 0. The van der Waals surface area contributed by atoms with E-state index in [0.29, 0.717) is 0 Å². The number of aliphatic hydroxyl groups is 7. The van der Waals surface area contributed by atoms with E-state index in [2.05, 4.69) is 26.5 Å². The summed E-state index contributed by atoms with van der Waals surface area (Å²) in [6.07, 6.45) is 0. The van der Waals surface area contributed by atoms with Crippen LogP contribution >= 0.6 is 46.9 Å². The van der Waals surface area contributed by atoms with E-state index in [4.69, 9.17) is 53.2 Å². The molecule has 480 valence electrons. The molecule has 16 N–H and O–H groups in total. The zero-order valence-corrected chi connectivity index (χ0v) is 54.6. The van der Waals surface area contributed by atoms with Crippen LogP contribution in [-0.2, 0) is 72.8 Å². The maximum atomic E-state index is 11.8. The van der Waals surface area contributed by atoms with Crippen molar-refractivity contribution >= 4 is 46.9 Å². The maximum absolute atomic E-state index is 11.8. The summed E-state index contributed by atoms with van der Waals surface area (Å²) in [5.41, 5.74) is -19.9. The molecule has 38 heteroatoms. The van der Waals surface area contributed by atoms with Gasteiger partial charge in [-0.25, -0.2) is 27.4 Å². The number of ether oxygens (including phenoxy) is 4. The van der Waals surface area contributed by atoms with Crippen LogP contribution in [0.1, 0.15) is 152 Å². The SMILES string of the molecule is CC1(C)O[C@](C)(CO)[C@](C)(O)C1(C)C.CC1(C)O[C@](C)(COP(=O)(O)O)[C@](C)(O)C1(C)C.CC1(C)O[C@](C)(COP(=O)(O)OP(=O)(O)O)[C@](C)(O)C1(C)O.CC1(C)O[C@](C)(COP(=O)(O)OP(=O)(O)OP(=O)(O)O)[C@](C)(O)C1(C)O. The zero-order chi connectivity index (χ0) is 64.9. The summed E-state index contributed by atoms with van der Waals surface area (Å²) in [7, 11) is -31.5. The van der Waals surface area contributed by atoms with Crippen LogP contribution in [0.2, 0.25) is 0 Å².